The maximum atomic E-state index is 10.1. The Kier molecular flexibility index (Phi) is 6.94. The molecule has 0 radical (unpaired) electrons. The lowest BCUT2D eigenvalue weighted by Crippen LogP contribution is -2.08. The molecule has 0 aliphatic heterocycles. The minimum absolute atomic E-state index is 0.00967. The minimum atomic E-state index is 0.00967. The molecular formula is C23H28O4. The van der Waals surface area contributed by atoms with Gasteiger partial charge >= 0.3 is 0 Å². The van der Waals surface area contributed by atoms with Gasteiger partial charge in [-0.25, -0.2) is 0 Å². The van der Waals surface area contributed by atoms with E-state index < -0.39 is 0 Å². The summed E-state index contributed by atoms with van der Waals surface area (Å²) in [4.78, 5) is 0. The quantitative estimate of drug-likeness (QED) is 0.495. The lowest BCUT2D eigenvalue weighted by Gasteiger charge is -2.16. The van der Waals surface area contributed by atoms with E-state index in [1.165, 1.54) is 12.7 Å². The fraction of sp³-hybridized carbons (Fsp3) is 0.304. The predicted octanol–water partition coefficient (Wildman–Crippen LogP) is 5.57. The van der Waals surface area contributed by atoms with Gasteiger partial charge in [0, 0.05) is 11.6 Å². The van der Waals surface area contributed by atoms with Crippen LogP contribution in [0.25, 0.3) is 12.2 Å². The summed E-state index contributed by atoms with van der Waals surface area (Å²) >= 11 is 0. The second-order valence-electron chi connectivity index (χ2n) is 6.93. The van der Waals surface area contributed by atoms with Crippen molar-refractivity contribution in [2.24, 2.45) is 0 Å². The third-order valence-electron chi connectivity index (χ3n) is 3.96. The number of phenolic OH excluding ortho intramolecular Hbond substituents is 2. The molecule has 0 aliphatic carbocycles. The van der Waals surface area contributed by atoms with Gasteiger partial charge in [-0.15, -0.1) is 0 Å². The van der Waals surface area contributed by atoms with Crippen LogP contribution in [0.4, 0.5) is 0 Å². The molecule has 0 aromatic heterocycles. The maximum absolute atomic E-state index is 10.1. The Labute approximate surface area is 161 Å². The average Bonchev–Trinajstić information content (AvgIpc) is 2.59. The number of benzene rings is 2. The zero-order valence-electron chi connectivity index (χ0n) is 16.6. The van der Waals surface area contributed by atoms with E-state index in [-0.39, 0.29) is 17.6 Å². The summed E-state index contributed by atoms with van der Waals surface area (Å²) in [6, 6.07) is 8.55. The Morgan fingerprint density at radius 1 is 1.04 bits per heavy atom. The molecule has 4 heteroatoms. The fourth-order valence-corrected chi connectivity index (χ4v) is 2.67. The van der Waals surface area contributed by atoms with Crippen molar-refractivity contribution in [3.63, 3.8) is 0 Å². The van der Waals surface area contributed by atoms with Crippen LogP contribution in [0.3, 0.4) is 0 Å². The zero-order valence-corrected chi connectivity index (χ0v) is 16.6. The SMILES string of the molecule is COc1cc(C=Cc2cc(O)cc(OC(C)C)c2CC=C(C)C)ccc1O. The maximum Gasteiger partial charge on any atom is 0.161 e. The largest absolute Gasteiger partial charge is 0.508 e. The van der Waals surface area contributed by atoms with Crippen LogP contribution in [-0.4, -0.2) is 23.4 Å². The highest BCUT2D eigenvalue weighted by Gasteiger charge is 2.11. The van der Waals surface area contributed by atoms with Gasteiger partial charge in [-0.2, -0.15) is 0 Å². The van der Waals surface area contributed by atoms with Crippen LogP contribution in [0.15, 0.2) is 42.0 Å². The number of allylic oxidation sites excluding steroid dienone is 2. The molecule has 0 heterocycles. The molecule has 0 fully saturated rings. The normalized spacial score (nSPS) is 11.0. The van der Waals surface area contributed by atoms with Crippen molar-refractivity contribution in [3.05, 3.63) is 58.7 Å². The number of phenols is 2. The molecular weight excluding hydrogens is 340 g/mol. The fourth-order valence-electron chi connectivity index (χ4n) is 2.67. The summed E-state index contributed by atoms with van der Waals surface area (Å²) in [7, 11) is 1.52. The number of aromatic hydroxyl groups is 2. The van der Waals surface area contributed by atoms with E-state index in [1.807, 2.05) is 26.0 Å². The molecule has 2 aromatic carbocycles. The first-order chi connectivity index (χ1) is 12.8. The van der Waals surface area contributed by atoms with Crippen molar-refractivity contribution in [1.29, 1.82) is 0 Å². The van der Waals surface area contributed by atoms with Crippen LogP contribution in [0, 0.1) is 0 Å². The van der Waals surface area contributed by atoms with Gasteiger partial charge in [0.05, 0.1) is 13.2 Å². The van der Waals surface area contributed by atoms with Crippen molar-refractivity contribution >= 4 is 12.2 Å². The molecule has 0 bridgehead atoms. The van der Waals surface area contributed by atoms with Crippen LogP contribution in [0.2, 0.25) is 0 Å². The standard InChI is InChI=1S/C23H28O4/c1-15(2)6-10-20-18(13-19(24)14-22(20)27-16(3)4)9-7-17-8-11-21(25)23(12-17)26-5/h6-9,11-14,16,24-25H,10H2,1-5H3. The van der Waals surface area contributed by atoms with Gasteiger partial charge in [-0.1, -0.05) is 29.9 Å². The number of hydrogen-bond acceptors (Lipinski definition) is 4. The average molecular weight is 368 g/mol. The highest BCUT2D eigenvalue weighted by molar-refractivity contribution is 5.74. The van der Waals surface area contributed by atoms with Gasteiger partial charge < -0.3 is 19.7 Å². The summed E-state index contributed by atoms with van der Waals surface area (Å²) in [6.45, 7) is 8.04. The van der Waals surface area contributed by atoms with Gasteiger partial charge in [-0.05, 0) is 63.4 Å². The first-order valence-electron chi connectivity index (χ1n) is 9.01. The molecule has 0 saturated carbocycles. The molecule has 2 rings (SSSR count). The van der Waals surface area contributed by atoms with Gasteiger partial charge in [0.25, 0.3) is 0 Å². The summed E-state index contributed by atoms with van der Waals surface area (Å²) in [5, 5.41) is 19.9. The number of ether oxygens (including phenoxy) is 2. The lowest BCUT2D eigenvalue weighted by atomic mass is 10.00. The zero-order chi connectivity index (χ0) is 20.0. The number of methoxy groups -OCH3 is 1. The van der Waals surface area contributed by atoms with Crippen molar-refractivity contribution in [1.82, 2.24) is 0 Å². The van der Waals surface area contributed by atoms with Crippen molar-refractivity contribution in [2.75, 3.05) is 7.11 Å². The smallest absolute Gasteiger partial charge is 0.161 e. The van der Waals surface area contributed by atoms with E-state index in [4.69, 9.17) is 9.47 Å². The van der Waals surface area contributed by atoms with E-state index in [1.54, 1.807) is 30.3 Å². The van der Waals surface area contributed by atoms with Crippen molar-refractivity contribution in [2.45, 2.75) is 40.2 Å². The van der Waals surface area contributed by atoms with Crippen LogP contribution >= 0.6 is 0 Å². The highest BCUT2D eigenvalue weighted by Crippen LogP contribution is 2.32. The molecule has 2 aromatic rings. The van der Waals surface area contributed by atoms with E-state index in [2.05, 4.69) is 19.9 Å². The molecule has 2 N–H and O–H groups in total. The first kappa shape index (κ1) is 20.4. The van der Waals surface area contributed by atoms with Crippen molar-refractivity contribution in [3.8, 4) is 23.0 Å². The predicted molar refractivity (Wildman–Crippen MR) is 111 cm³/mol. The van der Waals surface area contributed by atoms with Gasteiger partial charge in [0.2, 0.25) is 0 Å². The number of rotatable bonds is 7. The Bertz CT molecular complexity index is 844. The Morgan fingerprint density at radius 3 is 2.41 bits per heavy atom. The number of hydrogen-bond donors (Lipinski definition) is 2. The monoisotopic (exact) mass is 368 g/mol. The third-order valence-corrected chi connectivity index (χ3v) is 3.96. The second kappa shape index (κ2) is 9.17. The van der Waals surface area contributed by atoms with Gasteiger partial charge in [0.15, 0.2) is 11.5 Å². The van der Waals surface area contributed by atoms with Crippen LogP contribution in [-0.2, 0) is 6.42 Å². The van der Waals surface area contributed by atoms with Crippen molar-refractivity contribution < 1.29 is 19.7 Å². The Morgan fingerprint density at radius 2 is 1.78 bits per heavy atom. The van der Waals surface area contributed by atoms with Crippen LogP contribution in [0.1, 0.15) is 44.4 Å². The lowest BCUT2D eigenvalue weighted by molar-refractivity contribution is 0.239. The first-order valence-corrected chi connectivity index (χ1v) is 9.01. The molecule has 144 valence electrons. The highest BCUT2D eigenvalue weighted by atomic mass is 16.5. The van der Waals surface area contributed by atoms with Gasteiger partial charge in [-0.3, -0.25) is 0 Å². The molecule has 0 spiro atoms. The van der Waals surface area contributed by atoms with E-state index >= 15 is 0 Å². The molecule has 0 atom stereocenters. The summed E-state index contributed by atoms with van der Waals surface area (Å²) in [5.74, 6) is 1.37. The topological polar surface area (TPSA) is 58.9 Å². The van der Waals surface area contributed by atoms with E-state index in [0.717, 1.165) is 16.7 Å². The molecule has 27 heavy (non-hydrogen) atoms. The molecule has 4 nitrogen and oxygen atoms in total. The molecule has 0 amide bonds. The second-order valence-corrected chi connectivity index (χ2v) is 6.93. The Hall–Kier alpha value is -2.88. The van der Waals surface area contributed by atoms with E-state index in [9.17, 15) is 10.2 Å². The van der Waals surface area contributed by atoms with Gasteiger partial charge in [0.1, 0.15) is 11.5 Å². The summed E-state index contributed by atoms with van der Waals surface area (Å²) < 4.78 is 11.1. The molecule has 0 saturated heterocycles. The third kappa shape index (κ3) is 5.81. The summed E-state index contributed by atoms with van der Waals surface area (Å²) in [6.07, 6.45) is 6.72. The molecule has 0 unspecified atom stereocenters. The summed E-state index contributed by atoms with van der Waals surface area (Å²) in [5.41, 5.74) is 4.00. The molecule has 0 aliphatic rings. The van der Waals surface area contributed by atoms with Crippen LogP contribution in [0.5, 0.6) is 23.0 Å². The van der Waals surface area contributed by atoms with Crippen LogP contribution < -0.4 is 9.47 Å². The Balaban J connectivity index is 2.47. The van der Waals surface area contributed by atoms with E-state index in [0.29, 0.717) is 17.9 Å². The minimum Gasteiger partial charge on any atom is -0.508 e.